The van der Waals surface area contributed by atoms with E-state index in [2.05, 4.69) is 31.0 Å². The summed E-state index contributed by atoms with van der Waals surface area (Å²) in [6.45, 7) is 0.571. The van der Waals surface area contributed by atoms with Crippen LogP contribution < -0.4 is 0 Å². The van der Waals surface area contributed by atoms with Gasteiger partial charge in [0.1, 0.15) is 6.33 Å². The van der Waals surface area contributed by atoms with E-state index in [0.717, 1.165) is 21.3 Å². The Morgan fingerprint density at radius 2 is 2.28 bits per heavy atom. The molecule has 0 amide bonds. The first-order valence-corrected chi connectivity index (χ1v) is 6.56. The lowest BCUT2D eigenvalue weighted by molar-refractivity contribution is 0.707. The van der Waals surface area contributed by atoms with Crippen LogP contribution in [0.3, 0.4) is 0 Å². The molecule has 1 aromatic carbocycles. The number of imidazole rings is 1. The van der Waals surface area contributed by atoms with Gasteiger partial charge in [0.05, 0.1) is 17.6 Å². The van der Waals surface area contributed by atoms with Gasteiger partial charge in [-0.15, -0.1) is 0 Å². The van der Waals surface area contributed by atoms with E-state index in [1.54, 1.807) is 11.0 Å². The van der Waals surface area contributed by atoms with Crippen molar-refractivity contribution in [3.05, 3.63) is 39.6 Å². The van der Waals surface area contributed by atoms with Gasteiger partial charge in [0.25, 0.3) is 0 Å². The lowest BCUT2D eigenvalue weighted by Crippen LogP contribution is -2.02. The van der Waals surface area contributed by atoms with Gasteiger partial charge >= 0.3 is 0 Å². The van der Waals surface area contributed by atoms with Gasteiger partial charge in [-0.2, -0.15) is 5.10 Å². The second-order valence-corrected chi connectivity index (χ2v) is 5.31. The van der Waals surface area contributed by atoms with Gasteiger partial charge in [-0.1, -0.05) is 15.9 Å². The van der Waals surface area contributed by atoms with Gasteiger partial charge in [0, 0.05) is 11.5 Å². The van der Waals surface area contributed by atoms with E-state index < -0.39 is 0 Å². The Balaban J connectivity index is 2.11. The maximum atomic E-state index is 5.33. The molecule has 1 N–H and O–H groups in total. The van der Waals surface area contributed by atoms with Crippen LogP contribution in [0.15, 0.2) is 29.0 Å². The lowest BCUT2D eigenvalue weighted by atomic mass is 10.3. The maximum Gasteiger partial charge on any atom is 0.178 e. The molecule has 0 spiro atoms. The monoisotopic (exact) mass is 323 g/mol. The van der Waals surface area contributed by atoms with Crippen molar-refractivity contribution in [2.75, 3.05) is 0 Å². The van der Waals surface area contributed by atoms with Crippen LogP contribution in [-0.2, 0) is 13.6 Å². The first-order chi connectivity index (χ1) is 8.63. The van der Waals surface area contributed by atoms with E-state index in [1.165, 1.54) is 0 Å². The van der Waals surface area contributed by atoms with Crippen molar-refractivity contribution in [3.63, 3.8) is 0 Å². The molecule has 92 valence electrons. The first-order valence-electron chi connectivity index (χ1n) is 5.36. The molecule has 5 nitrogen and oxygen atoms in total. The molecule has 0 atom stereocenters. The smallest absolute Gasteiger partial charge is 0.178 e. The topological polar surface area (TPSA) is 51.4 Å². The summed E-state index contributed by atoms with van der Waals surface area (Å²) in [5.74, 6) is 0.748. The number of rotatable bonds is 2. The Morgan fingerprint density at radius 3 is 3.00 bits per heavy atom. The molecule has 0 unspecified atom stereocenters. The van der Waals surface area contributed by atoms with Crippen molar-refractivity contribution in [2.45, 2.75) is 6.54 Å². The second-order valence-electron chi connectivity index (χ2n) is 4.01. The zero-order valence-electron chi connectivity index (χ0n) is 9.59. The molecule has 2 aromatic heterocycles. The molecule has 0 radical (unpaired) electrons. The molecule has 3 rings (SSSR count). The number of hydrogen-bond donors (Lipinski definition) is 1. The van der Waals surface area contributed by atoms with Crippen molar-refractivity contribution in [2.24, 2.45) is 7.05 Å². The molecule has 0 aliphatic carbocycles. The van der Waals surface area contributed by atoms with E-state index in [9.17, 15) is 0 Å². The normalized spacial score (nSPS) is 11.2. The lowest BCUT2D eigenvalue weighted by Gasteiger charge is -2.00. The Kier molecular flexibility index (Phi) is 2.79. The SMILES string of the molecule is Cn1cnc(Cn2c(=S)[nH]c3cc(Br)ccc32)n1. The highest BCUT2D eigenvalue weighted by atomic mass is 79.9. The largest absolute Gasteiger partial charge is 0.331 e. The van der Waals surface area contributed by atoms with Crippen molar-refractivity contribution < 1.29 is 0 Å². The number of aromatic amines is 1. The first kappa shape index (κ1) is 11.6. The van der Waals surface area contributed by atoms with E-state index in [1.807, 2.05) is 29.8 Å². The minimum atomic E-state index is 0.571. The molecule has 0 saturated carbocycles. The molecule has 0 aliphatic rings. The zero-order valence-corrected chi connectivity index (χ0v) is 12.0. The van der Waals surface area contributed by atoms with Gasteiger partial charge < -0.3 is 9.55 Å². The number of aryl methyl sites for hydroxylation is 1. The number of fused-ring (bicyclic) bond motifs is 1. The molecule has 0 saturated heterocycles. The number of H-pyrrole nitrogens is 1. The van der Waals surface area contributed by atoms with Gasteiger partial charge in [0.2, 0.25) is 0 Å². The Hall–Kier alpha value is -1.47. The minimum Gasteiger partial charge on any atom is -0.331 e. The fourth-order valence-electron chi connectivity index (χ4n) is 1.89. The third kappa shape index (κ3) is 1.99. The number of aromatic nitrogens is 5. The number of nitrogens with zero attached hydrogens (tertiary/aromatic N) is 4. The highest BCUT2D eigenvalue weighted by molar-refractivity contribution is 9.10. The van der Waals surface area contributed by atoms with Crippen molar-refractivity contribution in [1.82, 2.24) is 24.3 Å². The van der Waals surface area contributed by atoms with Crippen LogP contribution in [0.25, 0.3) is 11.0 Å². The third-order valence-electron chi connectivity index (χ3n) is 2.68. The van der Waals surface area contributed by atoms with Crippen molar-refractivity contribution in [1.29, 1.82) is 0 Å². The van der Waals surface area contributed by atoms with Gasteiger partial charge in [-0.05, 0) is 30.4 Å². The van der Waals surface area contributed by atoms with Crippen molar-refractivity contribution >= 4 is 39.2 Å². The van der Waals surface area contributed by atoms with Crippen LogP contribution in [0.4, 0.5) is 0 Å². The summed E-state index contributed by atoms with van der Waals surface area (Å²) in [5, 5.41) is 4.27. The summed E-state index contributed by atoms with van der Waals surface area (Å²) in [6.07, 6.45) is 1.68. The van der Waals surface area contributed by atoms with Crippen molar-refractivity contribution in [3.8, 4) is 0 Å². The fraction of sp³-hybridized carbons (Fsp3) is 0.182. The van der Waals surface area contributed by atoms with Crippen LogP contribution in [-0.4, -0.2) is 24.3 Å². The molecule has 3 aromatic rings. The summed E-state index contributed by atoms with van der Waals surface area (Å²) in [5.41, 5.74) is 2.06. The number of nitrogens with one attached hydrogen (secondary N) is 1. The van der Waals surface area contributed by atoms with E-state index >= 15 is 0 Å². The Labute approximate surface area is 117 Å². The molecule has 0 fully saturated rings. The van der Waals surface area contributed by atoms with Crippen LogP contribution in [0.1, 0.15) is 5.82 Å². The van der Waals surface area contributed by atoms with Gasteiger partial charge in [0.15, 0.2) is 10.6 Å². The summed E-state index contributed by atoms with van der Waals surface area (Å²) in [4.78, 5) is 7.40. The highest BCUT2D eigenvalue weighted by Gasteiger charge is 2.07. The molecule has 7 heteroatoms. The summed E-state index contributed by atoms with van der Waals surface area (Å²) in [6, 6.07) is 6.02. The number of hydrogen-bond acceptors (Lipinski definition) is 3. The molecular weight excluding hydrogens is 314 g/mol. The standard InChI is InChI=1S/C11H10BrN5S/c1-16-6-13-10(15-16)5-17-9-3-2-7(12)4-8(9)14-11(17)18/h2-4,6H,5H2,1H3,(H,14,18). The second kappa shape index (κ2) is 4.33. The predicted molar refractivity (Wildman–Crippen MR) is 74.9 cm³/mol. The minimum absolute atomic E-state index is 0.571. The molecule has 0 aliphatic heterocycles. The highest BCUT2D eigenvalue weighted by Crippen LogP contribution is 2.19. The summed E-state index contributed by atoms with van der Waals surface area (Å²) >= 11 is 8.78. The fourth-order valence-corrected chi connectivity index (χ4v) is 2.52. The van der Waals surface area contributed by atoms with Crippen LogP contribution in [0, 0.1) is 4.77 Å². The van der Waals surface area contributed by atoms with Crippen LogP contribution in [0.2, 0.25) is 0 Å². The van der Waals surface area contributed by atoms with Crippen LogP contribution >= 0.6 is 28.1 Å². The number of benzene rings is 1. The van der Waals surface area contributed by atoms with Crippen LogP contribution in [0.5, 0.6) is 0 Å². The summed E-state index contributed by atoms with van der Waals surface area (Å²) in [7, 11) is 1.85. The maximum absolute atomic E-state index is 5.33. The molecule has 0 bridgehead atoms. The molecule has 18 heavy (non-hydrogen) atoms. The zero-order chi connectivity index (χ0) is 12.7. The van der Waals surface area contributed by atoms with E-state index in [-0.39, 0.29) is 0 Å². The average Bonchev–Trinajstić information content (AvgIpc) is 2.84. The van der Waals surface area contributed by atoms with Gasteiger partial charge in [-0.3, -0.25) is 4.68 Å². The summed E-state index contributed by atoms with van der Waals surface area (Å²) < 4.78 is 5.38. The Morgan fingerprint density at radius 1 is 1.44 bits per heavy atom. The number of halogens is 1. The Bertz CT molecular complexity index is 769. The van der Waals surface area contributed by atoms with E-state index in [4.69, 9.17) is 12.2 Å². The predicted octanol–water partition coefficient (Wildman–Crippen LogP) is 2.64. The third-order valence-corrected chi connectivity index (χ3v) is 3.50. The molecular formula is C11H10BrN5S. The van der Waals surface area contributed by atoms with E-state index in [0.29, 0.717) is 11.3 Å². The quantitative estimate of drug-likeness (QED) is 0.737. The van der Waals surface area contributed by atoms with Gasteiger partial charge in [-0.25, -0.2) is 4.98 Å². The average molecular weight is 324 g/mol. The molecule has 2 heterocycles.